The first-order valence-corrected chi connectivity index (χ1v) is 5.62. The van der Waals surface area contributed by atoms with Gasteiger partial charge in [-0.1, -0.05) is 32.6 Å². The standard InChI is InChI=1S/C10H16NS/c1-2-3-4-5-6-7-10-8-12-9-11-10/h8H,2-7H2,1H3. The van der Waals surface area contributed by atoms with E-state index in [1.807, 2.05) is 0 Å². The predicted molar refractivity (Wildman–Crippen MR) is 53.4 cm³/mol. The summed E-state index contributed by atoms with van der Waals surface area (Å²) in [5.74, 6) is 0. The lowest BCUT2D eigenvalue weighted by atomic mass is 10.1. The summed E-state index contributed by atoms with van der Waals surface area (Å²) in [7, 11) is 0. The molecule has 1 radical (unpaired) electrons. The van der Waals surface area contributed by atoms with Gasteiger partial charge in [-0.15, -0.1) is 11.3 Å². The SMILES string of the molecule is CCCCCCCc1cs[c]n1. The Hall–Kier alpha value is -0.370. The van der Waals surface area contributed by atoms with Crippen molar-refractivity contribution >= 4 is 11.3 Å². The molecule has 0 amide bonds. The van der Waals surface area contributed by atoms with Crippen molar-refractivity contribution in [2.45, 2.75) is 45.4 Å². The van der Waals surface area contributed by atoms with Crippen molar-refractivity contribution in [1.82, 2.24) is 4.98 Å². The molecule has 0 aliphatic rings. The van der Waals surface area contributed by atoms with Crippen molar-refractivity contribution < 1.29 is 0 Å². The Bertz CT molecular complexity index is 182. The fourth-order valence-electron chi connectivity index (χ4n) is 1.23. The molecule has 0 fully saturated rings. The molecule has 0 aliphatic carbocycles. The van der Waals surface area contributed by atoms with Crippen LogP contribution in [0.5, 0.6) is 0 Å². The molecule has 1 aromatic heterocycles. The van der Waals surface area contributed by atoms with E-state index < -0.39 is 0 Å². The molecule has 0 atom stereocenters. The monoisotopic (exact) mass is 182 g/mol. The Morgan fingerprint density at radius 2 is 2.17 bits per heavy atom. The number of aryl methyl sites for hydroxylation is 1. The molecule has 2 heteroatoms. The number of thiazole rings is 1. The topological polar surface area (TPSA) is 12.9 Å². The van der Waals surface area contributed by atoms with Gasteiger partial charge in [0.25, 0.3) is 0 Å². The first kappa shape index (κ1) is 9.72. The molecule has 67 valence electrons. The minimum absolute atomic E-state index is 1.14. The lowest BCUT2D eigenvalue weighted by Crippen LogP contribution is -1.85. The maximum Gasteiger partial charge on any atom is 0.152 e. The van der Waals surface area contributed by atoms with Crippen molar-refractivity contribution in [1.29, 1.82) is 0 Å². The highest BCUT2D eigenvalue weighted by atomic mass is 32.1. The third-order valence-corrected chi connectivity index (χ3v) is 2.56. The quantitative estimate of drug-likeness (QED) is 0.614. The van der Waals surface area contributed by atoms with E-state index in [4.69, 9.17) is 0 Å². The number of hydrogen-bond acceptors (Lipinski definition) is 2. The van der Waals surface area contributed by atoms with Gasteiger partial charge < -0.3 is 0 Å². The summed E-state index contributed by atoms with van der Waals surface area (Å²) in [4.78, 5) is 4.13. The summed E-state index contributed by atoms with van der Waals surface area (Å²) in [6, 6.07) is 0. The predicted octanol–water partition coefficient (Wildman–Crippen LogP) is 3.46. The van der Waals surface area contributed by atoms with Crippen molar-refractivity contribution in [2.75, 3.05) is 0 Å². The van der Waals surface area contributed by atoms with Crippen LogP contribution in [-0.4, -0.2) is 4.98 Å². The van der Waals surface area contributed by atoms with Gasteiger partial charge in [0.15, 0.2) is 5.51 Å². The van der Waals surface area contributed by atoms with Gasteiger partial charge in [-0.2, -0.15) is 0 Å². The van der Waals surface area contributed by atoms with Crippen LogP contribution < -0.4 is 0 Å². The van der Waals surface area contributed by atoms with Crippen molar-refractivity contribution in [2.24, 2.45) is 0 Å². The zero-order valence-electron chi connectivity index (χ0n) is 7.68. The normalized spacial score (nSPS) is 10.4. The van der Waals surface area contributed by atoms with Crippen LogP contribution >= 0.6 is 11.3 Å². The largest absolute Gasteiger partial charge is 0.239 e. The summed E-state index contributed by atoms with van der Waals surface area (Å²) < 4.78 is 0. The van der Waals surface area contributed by atoms with Crippen LogP contribution in [0.1, 0.15) is 44.7 Å². The van der Waals surface area contributed by atoms with Gasteiger partial charge in [0.2, 0.25) is 0 Å². The van der Waals surface area contributed by atoms with Gasteiger partial charge in [-0.05, 0) is 12.8 Å². The van der Waals surface area contributed by atoms with E-state index in [1.54, 1.807) is 11.3 Å². The molecule has 1 nitrogen and oxygen atoms in total. The Labute approximate surface area is 78.8 Å². The van der Waals surface area contributed by atoms with Crippen molar-refractivity contribution in [3.8, 4) is 0 Å². The molecule has 1 aromatic rings. The first-order chi connectivity index (χ1) is 5.93. The highest BCUT2D eigenvalue weighted by Crippen LogP contribution is 2.08. The molecule has 1 heterocycles. The van der Waals surface area contributed by atoms with Crippen LogP contribution in [0.3, 0.4) is 0 Å². The molecule has 0 saturated heterocycles. The van der Waals surface area contributed by atoms with Crippen molar-refractivity contribution in [3.05, 3.63) is 16.6 Å². The van der Waals surface area contributed by atoms with Crippen LogP contribution in [0.15, 0.2) is 5.38 Å². The Morgan fingerprint density at radius 1 is 1.33 bits per heavy atom. The van der Waals surface area contributed by atoms with Gasteiger partial charge in [0, 0.05) is 5.38 Å². The van der Waals surface area contributed by atoms with Gasteiger partial charge in [-0.3, -0.25) is 0 Å². The van der Waals surface area contributed by atoms with Gasteiger partial charge >= 0.3 is 0 Å². The maximum atomic E-state index is 4.13. The Balaban J connectivity index is 1.96. The summed E-state index contributed by atoms with van der Waals surface area (Å²) >= 11 is 1.57. The van der Waals surface area contributed by atoms with Crippen LogP contribution in [0.25, 0.3) is 0 Å². The maximum absolute atomic E-state index is 4.13. The molecular formula is C10H16NS. The van der Waals surface area contributed by atoms with E-state index in [1.165, 1.54) is 37.8 Å². The van der Waals surface area contributed by atoms with Crippen LogP contribution in [0, 0.1) is 5.51 Å². The van der Waals surface area contributed by atoms with E-state index in [0.29, 0.717) is 0 Å². The van der Waals surface area contributed by atoms with Crippen LogP contribution in [0.2, 0.25) is 0 Å². The Morgan fingerprint density at radius 3 is 2.83 bits per heavy atom. The average Bonchev–Trinajstić information content (AvgIpc) is 2.57. The second-order valence-corrected chi connectivity index (χ2v) is 3.75. The molecule has 0 aliphatic heterocycles. The lowest BCUT2D eigenvalue weighted by Gasteiger charge is -1.96. The fraction of sp³-hybridized carbons (Fsp3) is 0.700. The number of nitrogens with zero attached hydrogens (tertiary/aromatic N) is 1. The number of aromatic nitrogens is 1. The summed E-state index contributed by atoms with van der Waals surface area (Å²) in [5, 5.41) is 2.10. The molecule has 12 heavy (non-hydrogen) atoms. The summed E-state index contributed by atoms with van der Waals surface area (Å²) in [6.07, 6.45) is 7.87. The van der Waals surface area contributed by atoms with E-state index in [9.17, 15) is 0 Å². The van der Waals surface area contributed by atoms with Crippen LogP contribution in [0.4, 0.5) is 0 Å². The van der Waals surface area contributed by atoms with Gasteiger partial charge in [-0.25, -0.2) is 4.98 Å². The first-order valence-electron chi connectivity index (χ1n) is 4.74. The van der Waals surface area contributed by atoms with Gasteiger partial charge in [0.05, 0.1) is 5.69 Å². The second kappa shape index (κ2) is 6.18. The zero-order chi connectivity index (χ0) is 8.65. The smallest absolute Gasteiger partial charge is 0.152 e. The number of unbranched alkanes of at least 4 members (excludes halogenated alkanes) is 4. The zero-order valence-corrected chi connectivity index (χ0v) is 8.49. The average molecular weight is 182 g/mol. The van der Waals surface area contributed by atoms with Crippen LogP contribution in [-0.2, 0) is 6.42 Å². The molecule has 1 rings (SSSR count). The highest BCUT2D eigenvalue weighted by Gasteiger charge is 1.94. The van der Waals surface area contributed by atoms with E-state index >= 15 is 0 Å². The molecule has 0 saturated carbocycles. The lowest BCUT2D eigenvalue weighted by molar-refractivity contribution is 0.629. The second-order valence-electron chi connectivity index (χ2n) is 3.09. The highest BCUT2D eigenvalue weighted by molar-refractivity contribution is 7.07. The minimum Gasteiger partial charge on any atom is -0.239 e. The number of hydrogen-bond donors (Lipinski definition) is 0. The molecule has 0 N–H and O–H groups in total. The molecule has 0 spiro atoms. The summed E-state index contributed by atoms with van der Waals surface area (Å²) in [5.41, 5.74) is 4.09. The summed E-state index contributed by atoms with van der Waals surface area (Å²) in [6.45, 7) is 2.25. The van der Waals surface area contributed by atoms with E-state index in [2.05, 4.69) is 22.8 Å². The molecule has 0 aromatic carbocycles. The van der Waals surface area contributed by atoms with Crippen molar-refractivity contribution in [3.63, 3.8) is 0 Å². The molecular weight excluding hydrogens is 166 g/mol. The molecule has 0 unspecified atom stereocenters. The van der Waals surface area contributed by atoms with E-state index in [0.717, 1.165) is 6.42 Å². The van der Waals surface area contributed by atoms with Gasteiger partial charge in [0.1, 0.15) is 0 Å². The van der Waals surface area contributed by atoms with E-state index in [-0.39, 0.29) is 0 Å². The Kier molecular flexibility index (Phi) is 5.00. The number of rotatable bonds is 6. The fourth-order valence-corrected chi connectivity index (χ4v) is 1.76. The molecule has 0 bridgehead atoms. The third-order valence-electron chi connectivity index (χ3n) is 1.97. The third kappa shape index (κ3) is 3.86. The minimum atomic E-state index is 1.14.